The molecule has 2 rings (SSSR count). The Labute approximate surface area is 128 Å². The van der Waals surface area contributed by atoms with Crippen molar-refractivity contribution in [3.63, 3.8) is 0 Å². The first-order chi connectivity index (χ1) is 9.83. The minimum atomic E-state index is -4.72. The number of hydrogen-bond acceptors (Lipinski definition) is 3. The van der Waals surface area contributed by atoms with Crippen LogP contribution in [0.2, 0.25) is 10.3 Å². The molecule has 0 bridgehead atoms. The number of halogens is 5. The molecule has 0 amide bonds. The second-order valence-corrected chi connectivity index (χ2v) is 4.64. The summed E-state index contributed by atoms with van der Waals surface area (Å²) in [6.45, 7) is 0.114. The van der Waals surface area contributed by atoms with Gasteiger partial charge in [-0.05, 0) is 36.4 Å². The van der Waals surface area contributed by atoms with Crippen molar-refractivity contribution >= 4 is 23.2 Å². The molecule has 0 radical (unpaired) electrons. The van der Waals surface area contributed by atoms with Gasteiger partial charge in [-0.2, -0.15) is 0 Å². The van der Waals surface area contributed by atoms with Crippen molar-refractivity contribution in [2.75, 3.05) is 0 Å². The lowest BCUT2D eigenvalue weighted by Crippen LogP contribution is -2.16. The molecule has 2 aromatic rings. The third kappa shape index (κ3) is 4.99. The standard InChI is InChI=1S/C13H8Cl2F3NO2/c14-11-6-1-8(12(15)19-11)7-20-9-2-4-10(5-3-9)21-13(16,17)18/h1-6H,7H2. The number of benzene rings is 1. The predicted octanol–water partition coefficient (Wildman–Crippen LogP) is 4.87. The van der Waals surface area contributed by atoms with Crippen LogP contribution in [-0.2, 0) is 6.61 Å². The van der Waals surface area contributed by atoms with Gasteiger partial charge in [0, 0.05) is 5.56 Å². The van der Waals surface area contributed by atoms with Crippen LogP contribution in [0.15, 0.2) is 36.4 Å². The van der Waals surface area contributed by atoms with Gasteiger partial charge in [0.05, 0.1) is 0 Å². The molecule has 0 unspecified atom stereocenters. The fraction of sp³-hybridized carbons (Fsp3) is 0.154. The summed E-state index contributed by atoms with van der Waals surface area (Å²) in [4.78, 5) is 3.85. The number of pyridine rings is 1. The van der Waals surface area contributed by atoms with Crippen LogP contribution >= 0.6 is 23.2 Å². The van der Waals surface area contributed by atoms with E-state index in [4.69, 9.17) is 27.9 Å². The van der Waals surface area contributed by atoms with Gasteiger partial charge in [0.1, 0.15) is 28.4 Å². The maximum atomic E-state index is 12.0. The van der Waals surface area contributed by atoms with Crippen LogP contribution in [0.5, 0.6) is 11.5 Å². The van der Waals surface area contributed by atoms with E-state index < -0.39 is 6.36 Å². The van der Waals surface area contributed by atoms with E-state index in [0.29, 0.717) is 11.3 Å². The summed E-state index contributed by atoms with van der Waals surface area (Å²) in [5, 5.41) is 0.469. The molecule has 0 spiro atoms. The summed E-state index contributed by atoms with van der Waals surface area (Å²) in [5.74, 6) is 0.0524. The number of hydrogen-bond donors (Lipinski definition) is 0. The van der Waals surface area contributed by atoms with Crippen LogP contribution in [0.4, 0.5) is 13.2 Å². The molecule has 1 aromatic carbocycles. The normalized spacial score (nSPS) is 11.3. The van der Waals surface area contributed by atoms with E-state index >= 15 is 0 Å². The van der Waals surface area contributed by atoms with Gasteiger partial charge in [-0.3, -0.25) is 0 Å². The summed E-state index contributed by atoms with van der Waals surface area (Å²) in [7, 11) is 0. The second-order valence-electron chi connectivity index (χ2n) is 3.89. The van der Waals surface area contributed by atoms with Gasteiger partial charge in [0.2, 0.25) is 0 Å². The van der Waals surface area contributed by atoms with Gasteiger partial charge in [-0.15, -0.1) is 13.2 Å². The van der Waals surface area contributed by atoms with Gasteiger partial charge in [0.25, 0.3) is 0 Å². The summed E-state index contributed by atoms with van der Waals surface area (Å²) in [5.41, 5.74) is 0.608. The third-order valence-electron chi connectivity index (χ3n) is 2.34. The zero-order valence-corrected chi connectivity index (χ0v) is 11.8. The van der Waals surface area contributed by atoms with Crippen LogP contribution in [0, 0.1) is 0 Å². The van der Waals surface area contributed by atoms with Crippen LogP contribution in [-0.4, -0.2) is 11.3 Å². The SMILES string of the molecule is FC(F)(F)Oc1ccc(OCc2ccc(Cl)nc2Cl)cc1. The lowest BCUT2D eigenvalue weighted by molar-refractivity contribution is -0.274. The monoisotopic (exact) mass is 337 g/mol. The van der Waals surface area contributed by atoms with Gasteiger partial charge >= 0.3 is 6.36 Å². The minimum absolute atomic E-state index is 0.114. The van der Waals surface area contributed by atoms with Crippen LogP contribution < -0.4 is 9.47 Å². The van der Waals surface area contributed by atoms with E-state index in [-0.39, 0.29) is 22.7 Å². The first-order valence-corrected chi connectivity index (χ1v) is 6.38. The van der Waals surface area contributed by atoms with Gasteiger partial charge in [0.15, 0.2) is 0 Å². The molecule has 0 saturated heterocycles. The fourth-order valence-corrected chi connectivity index (χ4v) is 1.85. The van der Waals surface area contributed by atoms with E-state index in [1.165, 1.54) is 12.1 Å². The number of alkyl halides is 3. The highest BCUT2D eigenvalue weighted by atomic mass is 35.5. The lowest BCUT2D eigenvalue weighted by atomic mass is 10.3. The average Bonchev–Trinajstić information content (AvgIpc) is 2.38. The molecule has 1 heterocycles. The van der Waals surface area contributed by atoms with E-state index in [9.17, 15) is 13.2 Å². The van der Waals surface area contributed by atoms with Gasteiger partial charge in [-0.1, -0.05) is 23.2 Å². The minimum Gasteiger partial charge on any atom is -0.489 e. The Morgan fingerprint density at radius 2 is 1.57 bits per heavy atom. The zero-order valence-electron chi connectivity index (χ0n) is 10.3. The Bertz CT molecular complexity index is 618. The number of aromatic nitrogens is 1. The van der Waals surface area contributed by atoms with Crippen molar-refractivity contribution in [3.05, 3.63) is 52.3 Å². The van der Waals surface area contributed by atoms with Crippen molar-refractivity contribution in [1.29, 1.82) is 0 Å². The molecule has 0 N–H and O–H groups in total. The van der Waals surface area contributed by atoms with E-state index in [1.807, 2.05) is 0 Å². The van der Waals surface area contributed by atoms with E-state index in [1.54, 1.807) is 12.1 Å². The maximum absolute atomic E-state index is 12.0. The van der Waals surface area contributed by atoms with Gasteiger partial charge in [-0.25, -0.2) is 4.98 Å². The first kappa shape index (κ1) is 15.7. The topological polar surface area (TPSA) is 31.4 Å². The number of ether oxygens (including phenoxy) is 2. The molecule has 0 atom stereocenters. The summed E-state index contributed by atoms with van der Waals surface area (Å²) in [6, 6.07) is 8.25. The maximum Gasteiger partial charge on any atom is 0.573 e. The Morgan fingerprint density at radius 1 is 0.952 bits per heavy atom. The first-order valence-electron chi connectivity index (χ1n) is 5.63. The highest BCUT2D eigenvalue weighted by Crippen LogP contribution is 2.25. The largest absolute Gasteiger partial charge is 0.573 e. The molecular weight excluding hydrogens is 330 g/mol. The molecule has 21 heavy (non-hydrogen) atoms. The molecular formula is C13H8Cl2F3NO2. The fourth-order valence-electron chi connectivity index (χ4n) is 1.45. The molecule has 0 aliphatic carbocycles. The highest BCUT2D eigenvalue weighted by Gasteiger charge is 2.30. The number of rotatable bonds is 4. The number of nitrogens with zero attached hydrogens (tertiary/aromatic N) is 1. The molecule has 0 fully saturated rings. The average molecular weight is 338 g/mol. The highest BCUT2D eigenvalue weighted by molar-refractivity contribution is 6.32. The molecule has 3 nitrogen and oxygen atoms in total. The Hall–Kier alpha value is -1.66. The second kappa shape index (κ2) is 6.41. The predicted molar refractivity (Wildman–Crippen MR) is 71.7 cm³/mol. The molecule has 1 aromatic heterocycles. The molecule has 0 aliphatic heterocycles. The Kier molecular flexibility index (Phi) is 4.80. The third-order valence-corrected chi connectivity index (χ3v) is 2.88. The Morgan fingerprint density at radius 3 is 2.14 bits per heavy atom. The van der Waals surface area contributed by atoms with Crippen molar-refractivity contribution in [1.82, 2.24) is 4.98 Å². The van der Waals surface area contributed by atoms with E-state index in [0.717, 1.165) is 12.1 Å². The van der Waals surface area contributed by atoms with E-state index in [2.05, 4.69) is 9.72 Å². The summed E-state index contributed by atoms with van der Waals surface area (Å²) >= 11 is 11.5. The summed E-state index contributed by atoms with van der Waals surface area (Å²) < 4.78 is 45.2. The van der Waals surface area contributed by atoms with Crippen LogP contribution in [0.3, 0.4) is 0 Å². The quantitative estimate of drug-likeness (QED) is 0.746. The van der Waals surface area contributed by atoms with Crippen molar-refractivity contribution in [3.8, 4) is 11.5 Å². The molecule has 112 valence electrons. The molecule has 0 aliphatic rings. The zero-order chi connectivity index (χ0) is 15.5. The van der Waals surface area contributed by atoms with Crippen molar-refractivity contribution in [2.24, 2.45) is 0 Å². The molecule has 8 heteroatoms. The smallest absolute Gasteiger partial charge is 0.489 e. The van der Waals surface area contributed by atoms with Crippen molar-refractivity contribution < 1.29 is 22.6 Å². The van der Waals surface area contributed by atoms with Crippen LogP contribution in [0.1, 0.15) is 5.56 Å². The van der Waals surface area contributed by atoms with Crippen molar-refractivity contribution in [2.45, 2.75) is 13.0 Å². The van der Waals surface area contributed by atoms with Gasteiger partial charge < -0.3 is 9.47 Å². The Balaban J connectivity index is 1.97. The van der Waals surface area contributed by atoms with Crippen LogP contribution in [0.25, 0.3) is 0 Å². The molecule has 0 saturated carbocycles. The summed E-state index contributed by atoms with van der Waals surface area (Å²) in [6.07, 6.45) is -4.72. The lowest BCUT2D eigenvalue weighted by Gasteiger charge is -2.10.